The molecule has 0 aromatic heterocycles. The van der Waals surface area contributed by atoms with Crippen molar-refractivity contribution in [2.75, 3.05) is 55.5 Å². The molecule has 1 aliphatic heterocycles. The summed E-state index contributed by atoms with van der Waals surface area (Å²) in [5, 5.41) is 3.34. The predicted molar refractivity (Wildman–Crippen MR) is 154 cm³/mol. The predicted octanol–water partition coefficient (Wildman–Crippen LogP) is 5.30. The van der Waals surface area contributed by atoms with Crippen molar-refractivity contribution in [3.63, 3.8) is 0 Å². The van der Waals surface area contributed by atoms with Gasteiger partial charge in [0.2, 0.25) is 5.91 Å². The molecular formula is C27H27Cl2N3O6S. The lowest BCUT2D eigenvalue weighted by Gasteiger charge is -2.30. The zero-order valence-electron chi connectivity index (χ0n) is 21.2. The van der Waals surface area contributed by atoms with Crippen LogP contribution in [-0.2, 0) is 19.6 Å². The van der Waals surface area contributed by atoms with Crippen molar-refractivity contribution in [2.45, 2.75) is 4.90 Å². The molecule has 39 heavy (non-hydrogen) atoms. The molecule has 2 N–H and O–H groups in total. The maximum atomic E-state index is 13.2. The van der Waals surface area contributed by atoms with Crippen molar-refractivity contribution < 1.29 is 27.4 Å². The van der Waals surface area contributed by atoms with Gasteiger partial charge in [-0.25, -0.2) is 8.42 Å². The van der Waals surface area contributed by atoms with Gasteiger partial charge >= 0.3 is 0 Å². The number of hydrogen-bond acceptors (Lipinski definition) is 7. The Labute approximate surface area is 237 Å². The molecule has 1 aliphatic rings. The van der Waals surface area contributed by atoms with Crippen molar-refractivity contribution in [2.24, 2.45) is 0 Å². The number of morpholine rings is 1. The summed E-state index contributed by atoms with van der Waals surface area (Å²) < 4.78 is 45.0. The summed E-state index contributed by atoms with van der Waals surface area (Å²) in [6.45, 7) is 2.19. The summed E-state index contributed by atoms with van der Waals surface area (Å²) in [5.74, 6) is 0.707. The molecule has 0 aliphatic carbocycles. The van der Waals surface area contributed by atoms with Gasteiger partial charge in [-0.1, -0.05) is 23.2 Å². The summed E-state index contributed by atoms with van der Waals surface area (Å²) in [6.07, 6.45) is 2.93. The number of benzene rings is 3. The Morgan fingerprint density at radius 2 is 1.74 bits per heavy atom. The number of ether oxygens (including phenoxy) is 3. The number of carbonyl (C=O) groups excluding carboxylic acids is 1. The second-order valence-corrected chi connectivity index (χ2v) is 11.0. The molecule has 1 saturated heterocycles. The third-order valence-electron chi connectivity index (χ3n) is 5.91. The first kappa shape index (κ1) is 28.6. The van der Waals surface area contributed by atoms with E-state index in [-0.39, 0.29) is 15.6 Å². The lowest BCUT2D eigenvalue weighted by Crippen LogP contribution is -2.36. The molecule has 0 bridgehead atoms. The Hall–Kier alpha value is -3.44. The Bertz CT molecular complexity index is 1490. The number of anilines is 3. The first-order chi connectivity index (χ1) is 18.7. The summed E-state index contributed by atoms with van der Waals surface area (Å²) in [6, 6.07) is 14.2. The van der Waals surface area contributed by atoms with Gasteiger partial charge in [-0.3, -0.25) is 9.52 Å². The van der Waals surface area contributed by atoms with Crippen LogP contribution in [0.4, 0.5) is 17.1 Å². The van der Waals surface area contributed by atoms with Crippen LogP contribution in [0.1, 0.15) is 5.56 Å². The van der Waals surface area contributed by atoms with E-state index in [1.807, 2.05) is 4.90 Å². The zero-order valence-corrected chi connectivity index (χ0v) is 23.6. The SMILES string of the molecule is COc1ccc(OC)c(C=CC(=O)Nc2cc(S(=O)(=O)Nc3cc(Cl)ccc3Cl)ccc2N2CCOCC2)c1. The van der Waals surface area contributed by atoms with E-state index in [0.717, 1.165) is 0 Å². The summed E-state index contributed by atoms with van der Waals surface area (Å²) in [7, 11) is -0.987. The normalized spacial score (nSPS) is 13.8. The molecule has 0 spiro atoms. The fourth-order valence-electron chi connectivity index (χ4n) is 3.95. The van der Waals surface area contributed by atoms with Crippen LogP contribution in [0.25, 0.3) is 6.08 Å². The number of nitrogens with one attached hydrogen (secondary N) is 2. The molecule has 0 saturated carbocycles. The number of rotatable bonds is 9. The fraction of sp³-hybridized carbons (Fsp3) is 0.222. The molecule has 12 heteroatoms. The van der Waals surface area contributed by atoms with Gasteiger partial charge < -0.3 is 24.4 Å². The van der Waals surface area contributed by atoms with Crippen molar-refractivity contribution in [3.8, 4) is 11.5 Å². The van der Waals surface area contributed by atoms with Crippen molar-refractivity contribution in [1.29, 1.82) is 0 Å². The zero-order chi connectivity index (χ0) is 28.0. The van der Waals surface area contributed by atoms with E-state index in [2.05, 4.69) is 10.0 Å². The topological polar surface area (TPSA) is 106 Å². The lowest BCUT2D eigenvalue weighted by molar-refractivity contribution is -0.111. The molecule has 1 heterocycles. The van der Waals surface area contributed by atoms with Gasteiger partial charge in [0.15, 0.2) is 0 Å². The number of sulfonamides is 1. The second kappa shape index (κ2) is 12.6. The lowest BCUT2D eigenvalue weighted by atomic mass is 10.1. The molecule has 1 fully saturated rings. The highest BCUT2D eigenvalue weighted by Crippen LogP contribution is 2.33. The van der Waals surface area contributed by atoms with E-state index in [9.17, 15) is 13.2 Å². The van der Waals surface area contributed by atoms with Crippen LogP contribution in [0.5, 0.6) is 11.5 Å². The molecule has 3 aromatic carbocycles. The molecule has 9 nitrogen and oxygen atoms in total. The number of hydrogen-bond donors (Lipinski definition) is 2. The van der Waals surface area contributed by atoms with Gasteiger partial charge in [-0.2, -0.15) is 0 Å². The molecule has 206 valence electrons. The van der Waals surface area contributed by atoms with Crippen LogP contribution in [0.2, 0.25) is 10.0 Å². The highest BCUT2D eigenvalue weighted by Gasteiger charge is 2.22. The third-order valence-corrected chi connectivity index (χ3v) is 7.84. The molecule has 1 amide bonds. The van der Waals surface area contributed by atoms with E-state index >= 15 is 0 Å². The van der Waals surface area contributed by atoms with Gasteiger partial charge in [-0.15, -0.1) is 0 Å². The van der Waals surface area contributed by atoms with Gasteiger partial charge in [0.1, 0.15) is 11.5 Å². The van der Waals surface area contributed by atoms with Gasteiger partial charge in [0.25, 0.3) is 10.0 Å². The van der Waals surface area contributed by atoms with E-state index < -0.39 is 15.9 Å². The summed E-state index contributed by atoms with van der Waals surface area (Å²) in [5.41, 5.74) is 1.77. The van der Waals surface area contributed by atoms with Crippen LogP contribution in [0.15, 0.2) is 65.6 Å². The summed E-state index contributed by atoms with van der Waals surface area (Å²) in [4.78, 5) is 15.0. The molecule has 3 aromatic rings. The Morgan fingerprint density at radius 3 is 2.46 bits per heavy atom. The standard InChI is InChI=1S/C27H27Cl2N3O6S/c1-36-20-5-9-26(37-2)18(15-20)3-10-27(33)30-24-17-21(6-8-25(24)32-11-13-38-14-12-32)39(34,35)31-23-16-19(28)4-7-22(23)29/h3-10,15-17,31H,11-14H2,1-2H3,(H,30,33). The van der Waals surface area contributed by atoms with Gasteiger partial charge in [0.05, 0.1) is 54.4 Å². The Morgan fingerprint density at radius 1 is 0.974 bits per heavy atom. The van der Waals surface area contributed by atoms with Crippen LogP contribution in [-0.4, -0.2) is 54.8 Å². The first-order valence-corrected chi connectivity index (χ1v) is 14.1. The Balaban J connectivity index is 1.64. The monoisotopic (exact) mass is 591 g/mol. The number of methoxy groups -OCH3 is 2. The number of carbonyl (C=O) groups is 1. The van der Waals surface area contributed by atoms with E-state index in [1.54, 1.807) is 43.5 Å². The second-order valence-electron chi connectivity index (χ2n) is 8.44. The molecule has 0 radical (unpaired) electrons. The van der Waals surface area contributed by atoms with Crippen LogP contribution < -0.4 is 24.4 Å². The largest absolute Gasteiger partial charge is 0.497 e. The highest BCUT2D eigenvalue weighted by atomic mass is 35.5. The van der Waals surface area contributed by atoms with Crippen LogP contribution >= 0.6 is 23.2 Å². The van der Waals surface area contributed by atoms with Crippen molar-refractivity contribution in [1.82, 2.24) is 0 Å². The number of amides is 1. The maximum absolute atomic E-state index is 13.2. The van der Waals surface area contributed by atoms with Crippen LogP contribution in [0.3, 0.4) is 0 Å². The molecule has 0 unspecified atom stereocenters. The molecule has 0 atom stereocenters. The average molecular weight is 593 g/mol. The fourth-order valence-corrected chi connectivity index (χ4v) is 5.44. The summed E-state index contributed by atoms with van der Waals surface area (Å²) >= 11 is 12.2. The minimum atomic E-state index is -4.07. The molecule has 4 rings (SSSR count). The van der Waals surface area contributed by atoms with Crippen molar-refractivity contribution >= 4 is 62.3 Å². The maximum Gasteiger partial charge on any atom is 0.262 e. The number of nitrogens with zero attached hydrogens (tertiary/aromatic N) is 1. The van der Waals surface area contributed by atoms with Crippen LogP contribution in [0, 0.1) is 0 Å². The van der Waals surface area contributed by atoms with Gasteiger partial charge in [-0.05, 0) is 60.7 Å². The number of halogens is 2. The van der Waals surface area contributed by atoms with Crippen molar-refractivity contribution in [3.05, 3.63) is 76.3 Å². The van der Waals surface area contributed by atoms with E-state index in [4.69, 9.17) is 37.4 Å². The molecular weight excluding hydrogens is 565 g/mol. The van der Waals surface area contributed by atoms with Gasteiger partial charge in [0, 0.05) is 29.8 Å². The first-order valence-electron chi connectivity index (χ1n) is 11.9. The smallest absolute Gasteiger partial charge is 0.262 e. The average Bonchev–Trinajstić information content (AvgIpc) is 2.94. The highest BCUT2D eigenvalue weighted by molar-refractivity contribution is 7.92. The minimum absolute atomic E-state index is 0.0655. The minimum Gasteiger partial charge on any atom is -0.497 e. The Kier molecular flexibility index (Phi) is 9.24. The third kappa shape index (κ3) is 7.15. The van der Waals surface area contributed by atoms with E-state index in [1.165, 1.54) is 37.5 Å². The van der Waals surface area contributed by atoms with E-state index in [0.29, 0.717) is 59.8 Å². The quantitative estimate of drug-likeness (QED) is 0.325.